The van der Waals surface area contributed by atoms with Crippen molar-refractivity contribution in [2.45, 2.75) is 12.8 Å². The Balaban J connectivity index is 1.40. The highest BCUT2D eigenvalue weighted by atomic mass is 19.1. The van der Waals surface area contributed by atoms with E-state index in [2.05, 4.69) is 21.8 Å². The number of anilines is 1. The minimum Gasteiger partial charge on any atom is -0.397 e. The third-order valence-corrected chi connectivity index (χ3v) is 6.06. The second kappa shape index (κ2) is 7.65. The van der Waals surface area contributed by atoms with E-state index in [-0.39, 0.29) is 6.67 Å². The molecule has 0 unspecified atom stereocenters. The molecular weight excluding hydrogens is 367 g/mol. The Morgan fingerprint density at radius 2 is 2.14 bits per heavy atom. The molecule has 6 nitrogen and oxygen atoms in total. The number of hydrogen-bond acceptors (Lipinski definition) is 6. The molecule has 29 heavy (non-hydrogen) atoms. The molecule has 1 aliphatic carbocycles. The van der Waals surface area contributed by atoms with Gasteiger partial charge in [-0.1, -0.05) is 18.7 Å². The fourth-order valence-corrected chi connectivity index (χ4v) is 4.62. The minimum absolute atomic E-state index is 0.256. The predicted molar refractivity (Wildman–Crippen MR) is 116 cm³/mol. The van der Waals surface area contributed by atoms with Gasteiger partial charge in [0.25, 0.3) is 0 Å². The zero-order chi connectivity index (χ0) is 20.6. The molecule has 1 aromatic carbocycles. The standard InChI is InChI=1S/C22H29FN6/c1-15(19-9-22(10-19)13-29(14-22)6-5-23)27-21-8-18-7-16(20(24)12-28(2)25)3-4-17(18)11-26-21/h3-4,7-8,11-12,19H,1,5-6,9-10,13-14,24-25H2,2H3,(H,26,27)/b20-12-. The maximum atomic E-state index is 12.4. The van der Waals surface area contributed by atoms with Crippen LogP contribution in [0.4, 0.5) is 10.2 Å². The highest BCUT2D eigenvalue weighted by Crippen LogP contribution is 2.53. The van der Waals surface area contributed by atoms with Gasteiger partial charge in [0.2, 0.25) is 0 Å². The van der Waals surface area contributed by atoms with Crippen LogP contribution in [0.5, 0.6) is 0 Å². The molecule has 2 aromatic rings. The van der Waals surface area contributed by atoms with Crippen LogP contribution in [0.3, 0.4) is 0 Å². The first-order valence-corrected chi connectivity index (χ1v) is 9.97. The Labute approximate surface area is 171 Å². The Kier molecular flexibility index (Phi) is 5.19. The second-order valence-electron chi connectivity index (χ2n) is 8.54. The van der Waals surface area contributed by atoms with Crippen LogP contribution in [0.1, 0.15) is 18.4 Å². The van der Waals surface area contributed by atoms with Gasteiger partial charge in [0.15, 0.2) is 0 Å². The number of nitrogens with one attached hydrogen (secondary N) is 1. The van der Waals surface area contributed by atoms with Gasteiger partial charge in [-0.25, -0.2) is 15.2 Å². The number of rotatable bonds is 7. The molecule has 154 valence electrons. The third-order valence-electron chi connectivity index (χ3n) is 6.06. The maximum Gasteiger partial charge on any atom is 0.130 e. The third kappa shape index (κ3) is 4.06. The van der Waals surface area contributed by atoms with Crippen molar-refractivity contribution in [3.05, 3.63) is 54.5 Å². The van der Waals surface area contributed by atoms with Crippen molar-refractivity contribution in [1.29, 1.82) is 0 Å². The number of hydrazine groups is 1. The summed E-state index contributed by atoms with van der Waals surface area (Å²) in [6.45, 7) is 6.58. The number of fused-ring (bicyclic) bond motifs is 1. The summed E-state index contributed by atoms with van der Waals surface area (Å²) in [5.74, 6) is 6.89. The number of likely N-dealkylation sites (tertiary alicyclic amines) is 1. The molecule has 2 fully saturated rings. The Bertz CT molecular complexity index is 939. The first-order chi connectivity index (χ1) is 13.9. The molecular formula is C22H29FN6. The quantitative estimate of drug-likeness (QED) is 0.493. The molecule has 1 saturated carbocycles. The Morgan fingerprint density at radius 3 is 2.83 bits per heavy atom. The summed E-state index contributed by atoms with van der Waals surface area (Å²) >= 11 is 0. The van der Waals surface area contributed by atoms with Gasteiger partial charge in [0.1, 0.15) is 12.5 Å². The number of benzene rings is 1. The SMILES string of the molecule is C=C(Nc1cc2cc(/C(N)=C/N(C)N)ccc2cn1)C1CC2(C1)CN(CCF)C2. The number of aromatic nitrogens is 1. The zero-order valence-electron chi connectivity index (χ0n) is 16.9. The lowest BCUT2D eigenvalue weighted by Gasteiger charge is -2.59. The van der Waals surface area contributed by atoms with E-state index in [0.29, 0.717) is 23.6 Å². The van der Waals surface area contributed by atoms with Gasteiger partial charge in [-0.15, -0.1) is 0 Å². The normalized spacial score (nSPS) is 19.1. The summed E-state index contributed by atoms with van der Waals surface area (Å²) in [6, 6.07) is 8.02. The number of halogens is 1. The topological polar surface area (TPSA) is 83.4 Å². The van der Waals surface area contributed by atoms with Crippen molar-refractivity contribution in [2.75, 3.05) is 38.7 Å². The van der Waals surface area contributed by atoms with E-state index in [1.54, 1.807) is 13.2 Å². The molecule has 2 aliphatic rings. The van der Waals surface area contributed by atoms with Crippen LogP contribution >= 0.6 is 0 Å². The van der Waals surface area contributed by atoms with Crippen LogP contribution in [0.2, 0.25) is 0 Å². The molecule has 1 aromatic heterocycles. The summed E-state index contributed by atoms with van der Waals surface area (Å²) in [4.78, 5) is 6.71. The van der Waals surface area contributed by atoms with Gasteiger partial charge in [0.05, 0.1) is 5.70 Å². The number of alkyl halides is 1. The van der Waals surface area contributed by atoms with Crippen LogP contribution in [0, 0.1) is 11.3 Å². The van der Waals surface area contributed by atoms with E-state index in [9.17, 15) is 4.39 Å². The molecule has 0 bridgehead atoms. The molecule has 1 spiro atoms. The van der Waals surface area contributed by atoms with Crippen molar-refractivity contribution in [1.82, 2.24) is 14.9 Å². The molecule has 2 heterocycles. The first-order valence-electron chi connectivity index (χ1n) is 9.97. The number of nitrogens with two attached hydrogens (primary N) is 2. The fraction of sp³-hybridized carbons (Fsp3) is 0.409. The van der Waals surface area contributed by atoms with E-state index >= 15 is 0 Å². The van der Waals surface area contributed by atoms with Crippen LogP contribution in [0.15, 0.2) is 48.9 Å². The summed E-state index contributed by atoms with van der Waals surface area (Å²) in [7, 11) is 1.73. The highest BCUT2D eigenvalue weighted by Gasteiger charge is 2.52. The number of nitrogens with zero attached hydrogens (tertiary/aromatic N) is 3. The molecule has 5 N–H and O–H groups in total. The highest BCUT2D eigenvalue weighted by molar-refractivity contribution is 5.87. The Morgan fingerprint density at radius 1 is 1.38 bits per heavy atom. The molecule has 7 heteroatoms. The first kappa shape index (κ1) is 19.7. The van der Waals surface area contributed by atoms with E-state index in [4.69, 9.17) is 11.6 Å². The summed E-state index contributed by atoms with van der Waals surface area (Å²) in [6.07, 6.45) is 5.78. The molecule has 1 saturated heterocycles. The van der Waals surface area contributed by atoms with Gasteiger partial charge in [0, 0.05) is 50.2 Å². The second-order valence-corrected chi connectivity index (χ2v) is 8.54. The lowest BCUT2D eigenvalue weighted by atomic mass is 9.57. The van der Waals surface area contributed by atoms with Gasteiger partial charge < -0.3 is 16.1 Å². The minimum atomic E-state index is -0.256. The van der Waals surface area contributed by atoms with E-state index in [0.717, 1.165) is 53.8 Å². The van der Waals surface area contributed by atoms with E-state index in [1.807, 2.05) is 30.5 Å². The van der Waals surface area contributed by atoms with Gasteiger partial charge in [-0.3, -0.25) is 4.90 Å². The molecule has 0 radical (unpaired) electrons. The summed E-state index contributed by atoms with van der Waals surface area (Å²) < 4.78 is 12.4. The lowest BCUT2D eigenvalue weighted by molar-refractivity contribution is -0.0851. The number of allylic oxidation sites excluding steroid dienone is 1. The average Bonchev–Trinajstić information content (AvgIpc) is 2.61. The zero-order valence-corrected chi connectivity index (χ0v) is 16.9. The predicted octanol–water partition coefficient (Wildman–Crippen LogP) is 2.90. The number of hydrogen-bond donors (Lipinski definition) is 3. The van der Waals surface area contributed by atoms with Crippen LogP contribution < -0.4 is 16.9 Å². The van der Waals surface area contributed by atoms with Gasteiger partial charge in [-0.2, -0.15) is 0 Å². The maximum absolute atomic E-state index is 12.4. The van der Waals surface area contributed by atoms with Crippen molar-refractivity contribution in [3.63, 3.8) is 0 Å². The largest absolute Gasteiger partial charge is 0.397 e. The van der Waals surface area contributed by atoms with Crippen LogP contribution in [-0.2, 0) is 0 Å². The average molecular weight is 397 g/mol. The summed E-state index contributed by atoms with van der Waals surface area (Å²) in [5, 5.41) is 6.92. The fourth-order valence-electron chi connectivity index (χ4n) is 4.62. The van der Waals surface area contributed by atoms with Crippen molar-refractivity contribution < 1.29 is 4.39 Å². The van der Waals surface area contributed by atoms with Gasteiger partial charge in [-0.05, 0) is 47.3 Å². The number of pyridine rings is 1. The van der Waals surface area contributed by atoms with Crippen molar-refractivity contribution in [3.8, 4) is 0 Å². The monoisotopic (exact) mass is 396 g/mol. The van der Waals surface area contributed by atoms with Gasteiger partial charge >= 0.3 is 0 Å². The van der Waals surface area contributed by atoms with Crippen molar-refractivity contribution >= 4 is 22.3 Å². The van der Waals surface area contributed by atoms with E-state index in [1.165, 1.54) is 5.01 Å². The lowest BCUT2D eigenvalue weighted by Crippen LogP contribution is -2.62. The molecule has 4 rings (SSSR count). The molecule has 1 aliphatic heterocycles. The smallest absolute Gasteiger partial charge is 0.130 e. The van der Waals surface area contributed by atoms with Crippen LogP contribution in [0.25, 0.3) is 16.5 Å². The summed E-state index contributed by atoms with van der Waals surface area (Å²) in [5.41, 5.74) is 9.02. The van der Waals surface area contributed by atoms with Crippen molar-refractivity contribution in [2.24, 2.45) is 22.9 Å². The van der Waals surface area contributed by atoms with E-state index < -0.39 is 0 Å². The van der Waals surface area contributed by atoms with Crippen LogP contribution in [-0.4, -0.2) is 48.2 Å². The Hall–Kier alpha value is -2.64. The molecule has 0 amide bonds. The molecule has 0 atom stereocenters.